The Morgan fingerprint density at radius 2 is 2.10 bits per heavy atom. The molecule has 0 unspecified atom stereocenters. The first-order valence-corrected chi connectivity index (χ1v) is 11.5. The number of aromatic nitrogens is 2. The summed E-state index contributed by atoms with van der Waals surface area (Å²) in [6.07, 6.45) is 3.08. The van der Waals surface area contributed by atoms with Gasteiger partial charge in [0.15, 0.2) is 5.16 Å². The van der Waals surface area contributed by atoms with E-state index < -0.39 is 0 Å². The number of amides is 1. The Morgan fingerprint density at radius 1 is 1.34 bits per heavy atom. The molecule has 1 aliphatic rings. The molecule has 0 bridgehead atoms. The zero-order chi connectivity index (χ0) is 20.5. The highest BCUT2D eigenvalue weighted by Gasteiger charge is 2.23. The van der Waals surface area contributed by atoms with Gasteiger partial charge >= 0.3 is 0 Å². The van der Waals surface area contributed by atoms with Gasteiger partial charge in [0.05, 0.1) is 11.1 Å². The number of nitrogens with one attached hydrogen (secondary N) is 2. The van der Waals surface area contributed by atoms with Crippen molar-refractivity contribution in [2.24, 2.45) is 5.92 Å². The summed E-state index contributed by atoms with van der Waals surface area (Å²) in [6.45, 7) is 2.25. The highest BCUT2D eigenvalue weighted by Crippen LogP contribution is 2.36. The van der Waals surface area contributed by atoms with Crippen LogP contribution in [0.5, 0.6) is 0 Å². The topological polar surface area (TPSA) is 78.1 Å². The van der Waals surface area contributed by atoms with E-state index in [1.165, 1.54) is 22.2 Å². The molecular weight excluding hydrogens is 404 g/mol. The van der Waals surface area contributed by atoms with Gasteiger partial charge in [-0.15, -0.1) is 11.3 Å². The molecule has 3 aromatic rings. The minimum absolute atomic E-state index is 0.0933. The number of carbonyl (C=O) groups excluding carboxylic acids is 1. The van der Waals surface area contributed by atoms with Crippen molar-refractivity contribution in [1.82, 2.24) is 9.97 Å². The first-order chi connectivity index (χ1) is 13.9. The van der Waals surface area contributed by atoms with Gasteiger partial charge in [0.2, 0.25) is 5.91 Å². The molecule has 0 aliphatic heterocycles. The average Bonchev–Trinajstić information content (AvgIpc) is 3.04. The van der Waals surface area contributed by atoms with E-state index in [1.54, 1.807) is 11.3 Å². The van der Waals surface area contributed by atoms with E-state index in [2.05, 4.69) is 22.2 Å². The molecule has 6 nitrogen and oxygen atoms in total. The predicted octanol–water partition coefficient (Wildman–Crippen LogP) is 3.91. The van der Waals surface area contributed by atoms with Crippen LogP contribution in [0.2, 0.25) is 0 Å². The van der Waals surface area contributed by atoms with Crippen LogP contribution in [0.3, 0.4) is 0 Å². The van der Waals surface area contributed by atoms with Gasteiger partial charge in [-0.2, -0.15) is 0 Å². The van der Waals surface area contributed by atoms with Crippen LogP contribution in [0.25, 0.3) is 10.2 Å². The summed E-state index contributed by atoms with van der Waals surface area (Å²) < 4.78 is 0. The lowest BCUT2D eigenvalue weighted by atomic mass is 9.89. The van der Waals surface area contributed by atoms with E-state index >= 15 is 0 Å². The van der Waals surface area contributed by atoms with Crippen molar-refractivity contribution < 1.29 is 4.79 Å². The van der Waals surface area contributed by atoms with Crippen LogP contribution in [-0.2, 0) is 17.6 Å². The number of hydrogen-bond donors (Lipinski definition) is 2. The molecule has 0 saturated heterocycles. The third-order valence-electron chi connectivity index (χ3n) is 5.15. The minimum atomic E-state index is -0.130. The Hall–Kier alpha value is -2.32. The van der Waals surface area contributed by atoms with Crippen LogP contribution in [0, 0.1) is 5.92 Å². The van der Waals surface area contributed by atoms with Gasteiger partial charge in [-0.25, -0.2) is 4.98 Å². The molecule has 152 valence electrons. The number of benzene rings is 1. The van der Waals surface area contributed by atoms with E-state index in [4.69, 9.17) is 0 Å². The van der Waals surface area contributed by atoms with Crippen molar-refractivity contribution in [3.05, 3.63) is 45.1 Å². The van der Waals surface area contributed by atoms with Gasteiger partial charge in [-0.05, 0) is 55.0 Å². The van der Waals surface area contributed by atoms with Crippen LogP contribution in [-0.4, -0.2) is 35.7 Å². The Morgan fingerprint density at radius 3 is 2.83 bits per heavy atom. The summed E-state index contributed by atoms with van der Waals surface area (Å²) in [7, 11) is 3.94. The fourth-order valence-corrected chi connectivity index (χ4v) is 5.67. The van der Waals surface area contributed by atoms with E-state index in [9.17, 15) is 9.59 Å². The summed E-state index contributed by atoms with van der Waals surface area (Å²) in [6, 6.07) is 7.66. The van der Waals surface area contributed by atoms with Crippen molar-refractivity contribution in [2.45, 2.75) is 31.3 Å². The van der Waals surface area contributed by atoms with Gasteiger partial charge < -0.3 is 15.2 Å². The number of hydrogen-bond acceptors (Lipinski definition) is 6. The van der Waals surface area contributed by atoms with Crippen molar-refractivity contribution in [1.29, 1.82) is 0 Å². The summed E-state index contributed by atoms with van der Waals surface area (Å²) in [4.78, 5) is 36.5. The standard InChI is InChI=1S/C21H24N4O2S2/c1-12-4-9-15-16(10-12)29-20-18(15)19(27)23-21(24-20)28-11-17(26)22-13-5-7-14(8-6-13)25(2)3/h5-8,12H,4,9-11H2,1-3H3,(H,22,26)(H,23,24,27)/t12-/m0/s1. The van der Waals surface area contributed by atoms with Crippen LogP contribution >= 0.6 is 23.1 Å². The monoisotopic (exact) mass is 428 g/mol. The van der Waals surface area contributed by atoms with E-state index in [0.717, 1.165) is 40.9 Å². The minimum Gasteiger partial charge on any atom is -0.378 e. The number of H-pyrrole nitrogens is 1. The molecular formula is C21H24N4O2S2. The summed E-state index contributed by atoms with van der Waals surface area (Å²) in [5.74, 6) is 0.708. The number of nitrogens with zero attached hydrogens (tertiary/aromatic N) is 2. The number of fused-ring (bicyclic) bond motifs is 3. The second-order valence-electron chi connectivity index (χ2n) is 7.68. The molecule has 1 aromatic carbocycles. The number of aromatic amines is 1. The normalized spacial score (nSPS) is 15.9. The molecule has 0 fully saturated rings. The maximum Gasteiger partial charge on any atom is 0.260 e. The Balaban J connectivity index is 1.44. The Labute approximate surface area is 177 Å². The molecule has 2 heterocycles. The van der Waals surface area contributed by atoms with Gasteiger partial charge in [0.25, 0.3) is 5.56 Å². The SMILES string of the molecule is C[C@H]1CCc2c(sc3nc(SCC(=O)Nc4ccc(N(C)C)cc4)[nH]c(=O)c23)C1. The van der Waals surface area contributed by atoms with Gasteiger partial charge in [0, 0.05) is 30.3 Å². The second kappa shape index (κ2) is 8.20. The lowest BCUT2D eigenvalue weighted by Gasteiger charge is -2.17. The molecule has 1 atom stereocenters. The van der Waals surface area contributed by atoms with Crippen LogP contribution in [0.1, 0.15) is 23.8 Å². The van der Waals surface area contributed by atoms with Crippen LogP contribution in [0.15, 0.2) is 34.2 Å². The zero-order valence-corrected chi connectivity index (χ0v) is 18.4. The maximum atomic E-state index is 12.6. The first-order valence-electron chi connectivity index (χ1n) is 9.65. The smallest absolute Gasteiger partial charge is 0.260 e. The quantitative estimate of drug-likeness (QED) is 0.476. The van der Waals surface area contributed by atoms with Crippen molar-refractivity contribution >= 4 is 50.6 Å². The number of rotatable bonds is 5. The van der Waals surface area contributed by atoms with Crippen LogP contribution < -0.4 is 15.8 Å². The fourth-order valence-electron chi connectivity index (χ4n) is 3.57. The van der Waals surface area contributed by atoms with E-state index in [1.807, 2.05) is 43.3 Å². The van der Waals surface area contributed by atoms with E-state index in [-0.39, 0.29) is 17.2 Å². The molecule has 8 heteroatoms. The molecule has 2 aromatic heterocycles. The van der Waals surface area contributed by atoms with Gasteiger partial charge in [-0.1, -0.05) is 18.7 Å². The summed E-state index contributed by atoms with van der Waals surface area (Å²) in [5.41, 5.74) is 2.90. The average molecular weight is 429 g/mol. The molecule has 1 aliphatic carbocycles. The number of carbonyl (C=O) groups is 1. The Kier molecular flexibility index (Phi) is 5.65. The number of thiophene rings is 1. The molecule has 1 amide bonds. The van der Waals surface area contributed by atoms with Crippen LogP contribution in [0.4, 0.5) is 11.4 Å². The number of aryl methyl sites for hydroxylation is 1. The molecule has 29 heavy (non-hydrogen) atoms. The molecule has 4 rings (SSSR count). The Bertz CT molecular complexity index is 1100. The summed E-state index contributed by atoms with van der Waals surface area (Å²) in [5, 5.41) is 4.11. The van der Waals surface area contributed by atoms with Gasteiger partial charge in [-0.3, -0.25) is 9.59 Å². The lowest BCUT2D eigenvalue weighted by molar-refractivity contribution is -0.113. The number of anilines is 2. The summed E-state index contributed by atoms with van der Waals surface area (Å²) >= 11 is 2.87. The highest BCUT2D eigenvalue weighted by atomic mass is 32.2. The third-order valence-corrected chi connectivity index (χ3v) is 7.17. The van der Waals surface area contributed by atoms with Crippen molar-refractivity contribution in [3.63, 3.8) is 0 Å². The maximum absolute atomic E-state index is 12.6. The second-order valence-corrected chi connectivity index (χ2v) is 9.73. The first kappa shape index (κ1) is 20.0. The zero-order valence-electron chi connectivity index (χ0n) is 16.7. The van der Waals surface area contributed by atoms with E-state index in [0.29, 0.717) is 11.1 Å². The molecule has 0 radical (unpaired) electrons. The lowest BCUT2D eigenvalue weighted by Crippen LogP contribution is -2.16. The number of thioether (sulfide) groups is 1. The third kappa shape index (κ3) is 4.33. The van der Waals surface area contributed by atoms with Crippen molar-refractivity contribution in [3.8, 4) is 0 Å². The van der Waals surface area contributed by atoms with Gasteiger partial charge in [0.1, 0.15) is 4.83 Å². The molecule has 0 spiro atoms. The van der Waals surface area contributed by atoms with Crippen molar-refractivity contribution in [2.75, 3.05) is 30.1 Å². The molecule has 0 saturated carbocycles. The fraction of sp³-hybridized carbons (Fsp3) is 0.381. The predicted molar refractivity (Wildman–Crippen MR) is 122 cm³/mol. The highest BCUT2D eigenvalue weighted by molar-refractivity contribution is 7.99. The molecule has 2 N–H and O–H groups in total. The largest absolute Gasteiger partial charge is 0.378 e.